The van der Waals surface area contributed by atoms with Crippen LogP contribution in [-0.2, 0) is 11.2 Å². The molecule has 164 valence electrons. The number of rotatable bonds is 8. The fourth-order valence-electron chi connectivity index (χ4n) is 4.49. The zero-order chi connectivity index (χ0) is 22.0. The Morgan fingerprint density at radius 1 is 1.26 bits per heavy atom. The maximum Gasteiger partial charge on any atom is 0.326 e. The van der Waals surface area contributed by atoms with E-state index in [9.17, 15) is 14.7 Å². The van der Waals surface area contributed by atoms with Crippen LogP contribution in [0.3, 0.4) is 0 Å². The van der Waals surface area contributed by atoms with Crippen LogP contribution in [0.1, 0.15) is 73.1 Å². The van der Waals surface area contributed by atoms with Crippen molar-refractivity contribution in [2.75, 3.05) is 0 Å². The van der Waals surface area contributed by atoms with Gasteiger partial charge in [0.05, 0.1) is 11.0 Å². The number of nitrogens with one attached hydrogen (secondary N) is 1. The minimum Gasteiger partial charge on any atom is -0.480 e. The number of hydrogen-bond acceptors (Lipinski definition) is 4. The van der Waals surface area contributed by atoms with Gasteiger partial charge in [0.1, 0.15) is 11.9 Å². The van der Waals surface area contributed by atoms with Crippen LogP contribution in [-0.4, -0.2) is 32.6 Å². The van der Waals surface area contributed by atoms with Gasteiger partial charge in [-0.1, -0.05) is 32.8 Å². The average Bonchev–Trinajstić information content (AvgIpc) is 3.47. The lowest BCUT2D eigenvalue weighted by Gasteiger charge is -2.17. The van der Waals surface area contributed by atoms with Crippen LogP contribution in [0.2, 0.25) is 0 Å². The van der Waals surface area contributed by atoms with Gasteiger partial charge >= 0.3 is 5.97 Å². The molecule has 2 N–H and O–H groups in total. The summed E-state index contributed by atoms with van der Waals surface area (Å²) in [4.78, 5) is 30.5. The number of imidazole rings is 1. The molecule has 1 amide bonds. The van der Waals surface area contributed by atoms with Crippen LogP contribution in [0.4, 0.5) is 0 Å². The normalized spacial score (nSPS) is 15.6. The van der Waals surface area contributed by atoms with E-state index >= 15 is 0 Å². The summed E-state index contributed by atoms with van der Waals surface area (Å²) in [6.07, 6.45) is 5.94. The Hall–Kier alpha value is -2.67. The highest BCUT2D eigenvalue weighted by atomic mass is 32.1. The quantitative estimate of drug-likeness (QED) is 0.515. The van der Waals surface area contributed by atoms with E-state index in [0.29, 0.717) is 18.0 Å². The van der Waals surface area contributed by atoms with Gasteiger partial charge in [-0.25, -0.2) is 9.78 Å². The first-order valence-corrected chi connectivity index (χ1v) is 11.9. The lowest BCUT2D eigenvalue weighted by Crippen LogP contribution is -2.41. The third-order valence-corrected chi connectivity index (χ3v) is 6.81. The van der Waals surface area contributed by atoms with Gasteiger partial charge < -0.3 is 15.0 Å². The maximum absolute atomic E-state index is 12.8. The van der Waals surface area contributed by atoms with Crippen LogP contribution in [0.25, 0.3) is 11.0 Å². The van der Waals surface area contributed by atoms with E-state index in [1.54, 1.807) is 23.5 Å². The first-order valence-electron chi connectivity index (χ1n) is 11.0. The fraction of sp³-hybridized carbons (Fsp3) is 0.458. The van der Waals surface area contributed by atoms with E-state index in [1.807, 2.05) is 19.9 Å². The number of carboxylic acids is 1. The standard InChI is InChI=1S/C24H29N3O3S/c1-15(2)12-20(24(29)30)26-23(28)16-9-10-21-19(13-16)25-22(14-18-8-5-11-31-18)27(21)17-6-3-4-7-17/h5,8-11,13,15,17,20H,3-4,6-7,12,14H2,1-2H3,(H,26,28)(H,29,30). The van der Waals surface area contributed by atoms with Crippen LogP contribution in [0, 0.1) is 5.92 Å². The summed E-state index contributed by atoms with van der Waals surface area (Å²) in [6, 6.07) is 9.28. The van der Waals surface area contributed by atoms with Crippen LogP contribution in [0.5, 0.6) is 0 Å². The molecule has 3 aromatic rings. The number of nitrogens with zero attached hydrogens (tertiary/aromatic N) is 2. The van der Waals surface area contributed by atoms with Crippen LogP contribution < -0.4 is 5.32 Å². The van der Waals surface area contributed by atoms with Crippen molar-refractivity contribution >= 4 is 34.2 Å². The molecule has 0 radical (unpaired) electrons. The van der Waals surface area contributed by atoms with E-state index in [-0.39, 0.29) is 11.8 Å². The summed E-state index contributed by atoms with van der Waals surface area (Å²) in [6.45, 7) is 3.89. The van der Waals surface area contributed by atoms with Gasteiger partial charge in [0.15, 0.2) is 0 Å². The summed E-state index contributed by atoms with van der Waals surface area (Å²) in [5.74, 6) is -0.173. The molecule has 1 aromatic carbocycles. The van der Waals surface area contributed by atoms with E-state index in [1.165, 1.54) is 17.7 Å². The SMILES string of the molecule is CC(C)CC(NC(=O)c1ccc2c(c1)nc(Cc1cccs1)n2C1CCCC1)C(=O)O. The Morgan fingerprint density at radius 3 is 2.68 bits per heavy atom. The second-order valence-electron chi connectivity index (χ2n) is 8.79. The Labute approximate surface area is 186 Å². The lowest BCUT2D eigenvalue weighted by molar-refractivity contribution is -0.139. The van der Waals surface area contributed by atoms with Crippen molar-refractivity contribution in [3.8, 4) is 0 Å². The number of thiophene rings is 1. The first-order chi connectivity index (χ1) is 14.9. The van der Waals surface area contributed by atoms with E-state index < -0.39 is 12.0 Å². The van der Waals surface area contributed by atoms with E-state index in [4.69, 9.17) is 4.98 Å². The number of carbonyl (C=O) groups excluding carboxylic acids is 1. The first kappa shape index (κ1) is 21.6. The van der Waals surface area contributed by atoms with Gasteiger partial charge in [-0.2, -0.15) is 0 Å². The molecule has 2 aromatic heterocycles. The molecule has 0 spiro atoms. The van der Waals surface area contributed by atoms with Gasteiger partial charge in [0, 0.05) is 22.9 Å². The summed E-state index contributed by atoms with van der Waals surface area (Å²) in [5, 5.41) is 14.2. The number of carbonyl (C=O) groups is 2. The van der Waals surface area contributed by atoms with Crippen molar-refractivity contribution in [1.29, 1.82) is 0 Å². The van der Waals surface area contributed by atoms with Crippen LogP contribution in [0.15, 0.2) is 35.7 Å². The number of aliphatic carboxylic acids is 1. The molecule has 0 aliphatic heterocycles. The smallest absolute Gasteiger partial charge is 0.326 e. The van der Waals surface area contributed by atoms with Crippen molar-refractivity contribution in [2.45, 2.75) is 64.5 Å². The van der Waals surface area contributed by atoms with E-state index in [0.717, 1.165) is 36.1 Å². The molecule has 1 fully saturated rings. The molecular formula is C24H29N3O3S. The zero-order valence-corrected chi connectivity index (χ0v) is 18.8. The molecule has 31 heavy (non-hydrogen) atoms. The second-order valence-corrected chi connectivity index (χ2v) is 9.82. The Bertz CT molecular complexity index is 1070. The largest absolute Gasteiger partial charge is 0.480 e. The number of aromatic nitrogens is 2. The highest BCUT2D eigenvalue weighted by Crippen LogP contribution is 2.34. The summed E-state index contributed by atoms with van der Waals surface area (Å²) >= 11 is 1.73. The minimum absolute atomic E-state index is 0.172. The fourth-order valence-corrected chi connectivity index (χ4v) is 5.19. The number of carboxylic acid groups (broad SMARTS) is 1. The molecule has 1 aliphatic carbocycles. The lowest BCUT2D eigenvalue weighted by atomic mass is 10.0. The topological polar surface area (TPSA) is 84.2 Å². The van der Waals surface area contributed by atoms with Gasteiger partial charge in [0.2, 0.25) is 0 Å². The summed E-state index contributed by atoms with van der Waals surface area (Å²) in [7, 11) is 0. The maximum atomic E-state index is 12.8. The summed E-state index contributed by atoms with van der Waals surface area (Å²) < 4.78 is 2.36. The zero-order valence-electron chi connectivity index (χ0n) is 18.0. The molecule has 0 bridgehead atoms. The highest BCUT2D eigenvalue weighted by Gasteiger charge is 2.25. The van der Waals surface area contributed by atoms with Crippen LogP contribution >= 0.6 is 11.3 Å². The van der Waals surface area contributed by atoms with Crippen molar-refractivity contribution < 1.29 is 14.7 Å². The second kappa shape index (κ2) is 9.22. The Balaban J connectivity index is 1.65. The minimum atomic E-state index is -1.01. The number of hydrogen-bond donors (Lipinski definition) is 2. The summed E-state index contributed by atoms with van der Waals surface area (Å²) in [5.41, 5.74) is 2.29. The van der Waals surface area contributed by atoms with Gasteiger partial charge in [-0.3, -0.25) is 4.79 Å². The monoisotopic (exact) mass is 439 g/mol. The Kier molecular flexibility index (Phi) is 6.41. The molecule has 1 atom stereocenters. The Morgan fingerprint density at radius 2 is 2.03 bits per heavy atom. The predicted octanol–water partition coefficient (Wildman–Crippen LogP) is 5.03. The molecule has 0 saturated heterocycles. The van der Waals surface area contributed by atoms with Gasteiger partial charge in [-0.15, -0.1) is 11.3 Å². The van der Waals surface area contributed by atoms with Crippen molar-refractivity contribution in [1.82, 2.24) is 14.9 Å². The molecule has 7 heteroatoms. The van der Waals surface area contributed by atoms with Gasteiger partial charge in [-0.05, 0) is 54.8 Å². The van der Waals surface area contributed by atoms with Crippen molar-refractivity contribution in [3.63, 3.8) is 0 Å². The van der Waals surface area contributed by atoms with Gasteiger partial charge in [0.25, 0.3) is 5.91 Å². The predicted molar refractivity (Wildman–Crippen MR) is 123 cm³/mol. The molecule has 1 aliphatic rings. The molecule has 1 unspecified atom stereocenters. The highest BCUT2D eigenvalue weighted by molar-refractivity contribution is 7.09. The van der Waals surface area contributed by atoms with E-state index in [2.05, 4.69) is 27.4 Å². The van der Waals surface area contributed by atoms with Crippen molar-refractivity contribution in [2.24, 2.45) is 5.92 Å². The molecule has 1 saturated carbocycles. The number of amides is 1. The molecule has 6 nitrogen and oxygen atoms in total. The third kappa shape index (κ3) is 4.82. The molecule has 2 heterocycles. The number of benzene rings is 1. The van der Waals surface area contributed by atoms with Crippen molar-refractivity contribution in [3.05, 3.63) is 52.0 Å². The molecular weight excluding hydrogens is 410 g/mol. The molecule has 4 rings (SSSR count). The third-order valence-electron chi connectivity index (χ3n) is 5.94. The average molecular weight is 440 g/mol. The number of fused-ring (bicyclic) bond motifs is 1.